The fraction of sp³-hybridized carbons (Fsp3) is 0.333. The lowest BCUT2D eigenvalue weighted by Gasteiger charge is -2.09. The summed E-state index contributed by atoms with van der Waals surface area (Å²) < 4.78 is 27.7. The number of alkyl halides is 2. The molecule has 0 aliphatic carbocycles. The summed E-state index contributed by atoms with van der Waals surface area (Å²) in [4.78, 5) is 0. The standard InChI is InChI=1S/C9H10F2O3/c10-9(11)14-7-3-1-2-6(4-7)8(13)5-12/h1-4,8-9,12-13H,5H2/t8-/m1/s1. The van der Waals surface area contributed by atoms with Crippen LogP contribution in [-0.2, 0) is 0 Å². The van der Waals surface area contributed by atoms with Gasteiger partial charge in [0.25, 0.3) is 0 Å². The van der Waals surface area contributed by atoms with E-state index in [1.807, 2.05) is 0 Å². The molecular weight excluding hydrogens is 194 g/mol. The predicted octanol–water partition coefficient (Wildman–Crippen LogP) is 1.31. The third kappa shape index (κ3) is 2.93. The Morgan fingerprint density at radius 1 is 1.36 bits per heavy atom. The molecular formula is C9H10F2O3. The van der Waals surface area contributed by atoms with Crippen LogP contribution in [0.5, 0.6) is 5.75 Å². The van der Waals surface area contributed by atoms with E-state index < -0.39 is 19.3 Å². The van der Waals surface area contributed by atoms with Crippen molar-refractivity contribution in [2.45, 2.75) is 12.7 Å². The Hall–Kier alpha value is -1.20. The Labute approximate surface area is 79.6 Å². The number of hydrogen-bond acceptors (Lipinski definition) is 3. The van der Waals surface area contributed by atoms with Crippen molar-refractivity contribution in [2.75, 3.05) is 6.61 Å². The minimum Gasteiger partial charge on any atom is -0.435 e. The van der Waals surface area contributed by atoms with Crippen LogP contribution in [0.25, 0.3) is 0 Å². The average Bonchev–Trinajstić information content (AvgIpc) is 2.16. The van der Waals surface area contributed by atoms with Crippen molar-refractivity contribution in [3.8, 4) is 5.75 Å². The molecule has 0 saturated carbocycles. The van der Waals surface area contributed by atoms with Gasteiger partial charge < -0.3 is 14.9 Å². The number of rotatable bonds is 4. The van der Waals surface area contributed by atoms with E-state index in [1.165, 1.54) is 24.3 Å². The molecule has 0 unspecified atom stereocenters. The third-order valence-corrected chi connectivity index (χ3v) is 1.64. The first-order chi connectivity index (χ1) is 6.63. The Kier molecular flexibility index (Phi) is 3.79. The summed E-state index contributed by atoms with van der Waals surface area (Å²) in [6.45, 7) is -3.35. The highest BCUT2D eigenvalue weighted by atomic mass is 19.3. The van der Waals surface area contributed by atoms with E-state index in [9.17, 15) is 13.9 Å². The zero-order valence-corrected chi connectivity index (χ0v) is 7.23. The van der Waals surface area contributed by atoms with Gasteiger partial charge in [0.1, 0.15) is 11.9 Å². The fourth-order valence-corrected chi connectivity index (χ4v) is 1.00. The number of halogens is 2. The van der Waals surface area contributed by atoms with Gasteiger partial charge in [-0.15, -0.1) is 0 Å². The maximum atomic E-state index is 11.8. The van der Waals surface area contributed by atoms with Gasteiger partial charge in [0.15, 0.2) is 0 Å². The van der Waals surface area contributed by atoms with Crippen LogP contribution >= 0.6 is 0 Å². The first kappa shape index (κ1) is 10.9. The van der Waals surface area contributed by atoms with E-state index in [0.29, 0.717) is 5.56 Å². The maximum Gasteiger partial charge on any atom is 0.387 e. The van der Waals surface area contributed by atoms with Crippen molar-refractivity contribution < 1.29 is 23.7 Å². The van der Waals surface area contributed by atoms with Gasteiger partial charge in [-0.3, -0.25) is 0 Å². The second-order valence-electron chi connectivity index (χ2n) is 2.65. The van der Waals surface area contributed by atoms with Gasteiger partial charge in [-0.25, -0.2) is 0 Å². The summed E-state index contributed by atoms with van der Waals surface area (Å²) in [6, 6.07) is 5.58. The molecule has 14 heavy (non-hydrogen) atoms. The highest BCUT2D eigenvalue weighted by Crippen LogP contribution is 2.20. The number of ether oxygens (including phenoxy) is 1. The molecule has 0 spiro atoms. The smallest absolute Gasteiger partial charge is 0.387 e. The second kappa shape index (κ2) is 4.88. The lowest BCUT2D eigenvalue weighted by Crippen LogP contribution is -2.05. The normalized spacial score (nSPS) is 12.9. The fourth-order valence-electron chi connectivity index (χ4n) is 1.00. The summed E-state index contributed by atoms with van der Waals surface area (Å²) in [5.41, 5.74) is 0.339. The molecule has 3 nitrogen and oxygen atoms in total. The SMILES string of the molecule is OC[C@@H](O)c1cccc(OC(F)F)c1. The van der Waals surface area contributed by atoms with Crippen LogP contribution in [0.2, 0.25) is 0 Å². The van der Waals surface area contributed by atoms with Crippen molar-refractivity contribution in [2.24, 2.45) is 0 Å². The van der Waals surface area contributed by atoms with Gasteiger partial charge in [-0.05, 0) is 17.7 Å². The van der Waals surface area contributed by atoms with Gasteiger partial charge in [0, 0.05) is 0 Å². The van der Waals surface area contributed by atoms with Crippen LogP contribution < -0.4 is 4.74 Å². The van der Waals surface area contributed by atoms with Crippen molar-refractivity contribution in [3.05, 3.63) is 29.8 Å². The van der Waals surface area contributed by atoms with Crippen molar-refractivity contribution in [3.63, 3.8) is 0 Å². The number of benzene rings is 1. The molecule has 1 aromatic rings. The molecule has 0 amide bonds. The van der Waals surface area contributed by atoms with Crippen LogP contribution in [0, 0.1) is 0 Å². The summed E-state index contributed by atoms with van der Waals surface area (Å²) in [7, 11) is 0. The first-order valence-electron chi connectivity index (χ1n) is 3.97. The summed E-state index contributed by atoms with van der Waals surface area (Å²) in [5.74, 6) is -0.0370. The lowest BCUT2D eigenvalue weighted by molar-refractivity contribution is -0.0500. The zero-order chi connectivity index (χ0) is 10.6. The molecule has 0 aliphatic rings. The van der Waals surface area contributed by atoms with Gasteiger partial charge in [-0.2, -0.15) is 8.78 Å². The molecule has 1 atom stereocenters. The molecule has 0 bridgehead atoms. The van der Waals surface area contributed by atoms with E-state index in [2.05, 4.69) is 4.74 Å². The van der Waals surface area contributed by atoms with E-state index >= 15 is 0 Å². The quantitative estimate of drug-likeness (QED) is 0.777. The maximum absolute atomic E-state index is 11.8. The minimum atomic E-state index is -2.89. The molecule has 1 rings (SSSR count). The highest BCUT2D eigenvalue weighted by Gasteiger charge is 2.08. The van der Waals surface area contributed by atoms with Gasteiger partial charge in [-0.1, -0.05) is 12.1 Å². The number of hydrogen-bond donors (Lipinski definition) is 2. The third-order valence-electron chi connectivity index (χ3n) is 1.64. The number of aliphatic hydroxyl groups is 2. The summed E-state index contributed by atoms with van der Waals surface area (Å²) in [6.07, 6.45) is -1.07. The Morgan fingerprint density at radius 2 is 2.07 bits per heavy atom. The number of aliphatic hydroxyl groups excluding tert-OH is 2. The Balaban J connectivity index is 2.78. The molecule has 0 heterocycles. The van der Waals surface area contributed by atoms with Gasteiger partial charge >= 0.3 is 6.61 Å². The van der Waals surface area contributed by atoms with Gasteiger partial charge in [0.2, 0.25) is 0 Å². The average molecular weight is 204 g/mol. The van der Waals surface area contributed by atoms with Crippen LogP contribution in [0.15, 0.2) is 24.3 Å². The second-order valence-corrected chi connectivity index (χ2v) is 2.65. The van der Waals surface area contributed by atoms with E-state index in [4.69, 9.17) is 5.11 Å². The Bertz CT molecular complexity index is 291. The summed E-state index contributed by atoms with van der Waals surface area (Å²) >= 11 is 0. The van der Waals surface area contributed by atoms with Crippen molar-refractivity contribution >= 4 is 0 Å². The monoisotopic (exact) mass is 204 g/mol. The molecule has 5 heteroatoms. The van der Waals surface area contributed by atoms with E-state index in [-0.39, 0.29) is 5.75 Å². The van der Waals surface area contributed by atoms with Gasteiger partial charge in [0.05, 0.1) is 6.61 Å². The molecule has 0 fully saturated rings. The van der Waals surface area contributed by atoms with Crippen molar-refractivity contribution in [1.82, 2.24) is 0 Å². The lowest BCUT2D eigenvalue weighted by atomic mass is 10.1. The van der Waals surface area contributed by atoms with Crippen molar-refractivity contribution in [1.29, 1.82) is 0 Å². The topological polar surface area (TPSA) is 49.7 Å². The van der Waals surface area contributed by atoms with Crippen LogP contribution in [0.4, 0.5) is 8.78 Å². The summed E-state index contributed by atoms with van der Waals surface area (Å²) in [5, 5.41) is 17.8. The van der Waals surface area contributed by atoms with Crippen LogP contribution in [0.3, 0.4) is 0 Å². The molecule has 2 N–H and O–H groups in total. The molecule has 1 aromatic carbocycles. The Morgan fingerprint density at radius 3 is 2.64 bits per heavy atom. The van der Waals surface area contributed by atoms with Crippen LogP contribution in [-0.4, -0.2) is 23.4 Å². The molecule has 78 valence electrons. The molecule has 0 radical (unpaired) electrons. The molecule has 0 saturated heterocycles. The largest absolute Gasteiger partial charge is 0.435 e. The highest BCUT2D eigenvalue weighted by molar-refractivity contribution is 5.29. The van der Waals surface area contributed by atoms with E-state index in [1.54, 1.807) is 0 Å². The van der Waals surface area contributed by atoms with E-state index in [0.717, 1.165) is 0 Å². The predicted molar refractivity (Wildman–Crippen MR) is 45.1 cm³/mol. The first-order valence-corrected chi connectivity index (χ1v) is 3.97. The van der Waals surface area contributed by atoms with Crippen LogP contribution in [0.1, 0.15) is 11.7 Å². The molecule has 0 aliphatic heterocycles. The minimum absolute atomic E-state index is 0.0370. The zero-order valence-electron chi connectivity index (χ0n) is 7.23. The molecule has 0 aromatic heterocycles.